The summed E-state index contributed by atoms with van der Waals surface area (Å²) in [5, 5.41) is 0. The molecule has 0 bridgehead atoms. The van der Waals surface area contributed by atoms with Gasteiger partial charge in [0.15, 0.2) is 6.10 Å². The smallest absolute Gasteiger partial charge is 0.339 e. The average molecular weight is 380 g/mol. The molecule has 1 heterocycles. The number of carbonyl (C=O) groups excluding carboxylic acids is 3. The monoisotopic (exact) mass is 380 g/mol. The molecule has 0 saturated carbocycles. The highest BCUT2D eigenvalue weighted by Gasteiger charge is 2.28. The van der Waals surface area contributed by atoms with Gasteiger partial charge in [0.1, 0.15) is 0 Å². The van der Waals surface area contributed by atoms with Crippen LogP contribution in [-0.2, 0) is 9.53 Å². The first-order valence-corrected chi connectivity index (χ1v) is 9.41. The average Bonchev–Trinajstić information content (AvgIpc) is 3.27. The second-order valence-electron chi connectivity index (χ2n) is 6.83. The first-order chi connectivity index (χ1) is 13.5. The number of rotatable bonds is 5. The van der Waals surface area contributed by atoms with Gasteiger partial charge in [-0.25, -0.2) is 4.79 Å². The van der Waals surface area contributed by atoms with Crippen molar-refractivity contribution in [2.24, 2.45) is 0 Å². The van der Waals surface area contributed by atoms with Crippen LogP contribution in [0.5, 0.6) is 0 Å². The van der Waals surface area contributed by atoms with E-state index in [1.165, 1.54) is 4.90 Å². The van der Waals surface area contributed by atoms with E-state index in [9.17, 15) is 14.4 Å². The second-order valence-corrected chi connectivity index (χ2v) is 6.83. The highest BCUT2D eigenvalue weighted by atomic mass is 16.5. The Hall–Kier alpha value is -3.15. The molecule has 1 aliphatic rings. The van der Waals surface area contributed by atoms with Crippen LogP contribution >= 0.6 is 0 Å². The molecule has 1 saturated heterocycles. The van der Waals surface area contributed by atoms with Crippen molar-refractivity contribution in [2.75, 3.05) is 25.0 Å². The quantitative estimate of drug-likeness (QED) is 0.748. The lowest BCUT2D eigenvalue weighted by Gasteiger charge is -2.21. The van der Waals surface area contributed by atoms with Gasteiger partial charge in [0, 0.05) is 25.8 Å². The third kappa shape index (κ3) is 4.22. The molecule has 2 aromatic rings. The van der Waals surface area contributed by atoms with Gasteiger partial charge >= 0.3 is 5.97 Å². The van der Waals surface area contributed by atoms with E-state index in [4.69, 9.17) is 4.74 Å². The minimum Gasteiger partial charge on any atom is -0.449 e. The Labute approximate surface area is 164 Å². The summed E-state index contributed by atoms with van der Waals surface area (Å²) in [4.78, 5) is 41.2. The minimum absolute atomic E-state index is 0.149. The van der Waals surface area contributed by atoms with Gasteiger partial charge in [-0.2, -0.15) is 0 Å². The van der Waals surface area contributed by atoms with Crippen molar-refractivity contribution in [1.29, 1.82) is 0 Å². The number of ether oxygens (including phenoxy) is 1. The van der Waals surface area contributed by atoms with Crippen LogP contribution in [0.3, 0.4) is 0 Å². The molecule has 0 N–H and O–H groups in total. The lowest BCUT2D eigenvalue weighted by atomic mass is 10.1. The number of para-hydroxylation sites is 1. The molecule has 1 aliphatic heterocycles. The van der Waals surface area contributed by atoms with Gasteiger partial charge in [0.25, 0.3) is 11.8 Å². The van der Waals surface area contributed by atoms with Gasteiger partial charge in [0.05, 0.1) is 11.1 Å². The van der Waals surface area contributed by atoms with E-state index < -0.39 is 12.1 Å². The molecular weight excluding hydrogens is 356 g/mol. The molecule has 6 heteroatoms. The highest BCUT2D eigenvalue weighted by molar-refractivity contribution is 6.12. The van der Waals surface area contributed by atoms with Crippen molar-refractivity contribution < 1.29 is 19.1 Å². The van der Waals surface area contributed by atoms with E-state index in [0.717, 1.165) is 12.8 Å². The van der Waals surface area contributed by atoms with Crippen LogP contribution in [0, 0.1) is 0 Å². The molecule has 1 atom stereocenters. The molecule has 0 spiro atoms. The normalized spacial score (nSPS) is 14.4. The molecule has 0 unspecified atom stereocenters. The fourth-order valence-electron chi connectivity index (χ4n) is 3.27. The number of likely N-dealkylation sites (tertiary alicyclic amines) is 1. The molecule has 3 rings (SSSR count). The Morgan fingerprint density at radius 3 is 2.14 bits per heavy atom. The summed E-state index contributed by atoms with van der Waals surface area (Å²) in [5.41, 5.74) is 1.10. The van der Waals surface area contributed by atoms with E-state index in [-0.39, 0.29) is 22.9 Å². The van der Waals surface area contributed by atoms with Gasteiger partial charge in [-0.1, -0.05) is 30.3 Å². The third-order valence-corrected chi connectivity index (χ3v) is 4.87. The molecule has 2 aromatic carbocycles. The number of nitrogens with zero attached hydrogens (tertiary/aromatic N) is 2. The Kier molecular flexibility index (Phi) is 6.09. The topological polar surface area (TPSA) is 66.9 Å². The molecule has 2 amide bonds. The lowest BCUT2D eigenvalue weighted by Crippen LogP contribution is -2.38. The van der Waals surface area contributed by atoms with Crippen molar-refractivity contribution in [2.45, 2.75) is 25.9 Å². The fraction of sp³-hybridized carbons (Fsp3) is 0.318. The SMILES string of the molecule is C[C@H](OC(=O)c1ccccc1C(=O)N(C)c1ccccc1)C(=O)N1CCCC1. The Morgan fingerprint density at radius 1 is 0.929 bits per heavy atom. The summed E-state index contributed by atoms with van der Waals surface area (Å²) in [6.07, 6.45) is 1.05. The third-order valence-electron chi connectivity index (χ3n) is 4.87. The first-order valence-electron chi connectivity index (χ1n) is 9.41. The van der Waals surface area contributed by atoms with Gasteiger partial charge < -0.3 is 14.5 Å². The largest absolute Gasteiger partial charge is 0.449 e. The molecule has 1 fully saturated rings. The van der Waals surface area contributed by atoms with E-state index in [2.05, 4.69) is 0 Å². The fourth-order valence-corrected chi connectivity index (χ4v) is 3.27. The standard InChI is InChI=1S/C22H24N2O4/c1-16(20(25)24-14-8-9-15-24)28-22(27)19-13-7-6-12-18(19)21(26)23(2)17-10-4-3-5-11-17/h3-7,10-13,16H,8-9,14-15H2,1-2H3/t16-/m0/s1. The zero-order chi connectivity index (χ0) is 20.1. The van der Waals surface area contributed by atoms with E-state index in [1.807, 2.05) is 30.3 Å². The maximum Gasteiger partial charge on any atom is 0.339 e. The summed E-state index contributed by atoms with van der Waals surface area (Å²) in [7, 11) is 1.65. The van der Waals surface area contributed by atoms with Crippen molar-refractivity contribution in [1.82, 2.24) is 4.90 Å². The Balaban J connectivity index is 1.76. The molecule has 0 aliphatic carbocycles. The summed E-state index contributed by atoms with van der Waals surface area (Å²) >= 11 is 0. The van der Waals surface area contributed by atoms with Crippen molar-refractivity contribution in [3.8, 4) is 0 Å². The summed E-state index contributed by atoms with van der Waals surface area (Å²) < 4.78 is 5.39. The predicted octanol–water partition coefficient (Wildman–Crippen LogP) is 3.13. The Morgan fingerprint density at radius 2 is 1.50 bits per heavy atom. The van der Waals surface area contributed by atoms with Crippen LogP contribution in [0.15, 0.2) is 54.6 Å². The molecule has 0 radical (unpaired) electrons. The van der Waals surface area contributed by atoms with Gasteiger partial charge in [0.2, 0.25) is 0 Å². The molecule has 6 nitrogen and oxygen atoms in total. The minimum atomic E-state index is -0.888. The molecule has 146 valence electrons. The number of amides is 2. The van der Waals surface area contributed by atoms with Gasteiger partial charge in [-0.05, 0) is 44.0 Å². The first kappa shape index (κ1) is 19.6. The molecule has 0 aromatic heterocycles. The number of hydrogen-bond donors (Lipinski definition) is 0. The maximum atomic E-state index is 12.9. The number of carbonyl (C=O) groups is 3. The van der Waals surface area contributed by atoms with E-state index in [1.54, 1.807) is 43.1 Å². The van der Waals surface area contributed by atoms with Crippen molar-refractivity contribution in [3.05, 3.63) is 65.7 Å². The van der Waals surface area contributed by atoms with Gasteiger partial charge in [-0.15, -0.1) is 0 Å². The van der Waals surface area contributed by atoms with Crippen LogP contribution in [-0.4, -0.2) is 48.9 Å². The molecule has 28 heavy (non-hydrogen) atoms. The van der Waals surface area contributed by atoms with Crippen molar-refractivity contribution in [3.63, 3.8) is 0 Å². The lowest BCUT2D eigenvalue weighted by molar-refractivity contribution is -0.138. The van der Waals surface area contributed by atoms with E-state index in [0.29, 0.717) is 18.8 Å². The van der Waals surface area contributed by atoms with Crippen LogP contribution < -0.4 is 4.90 Å². The highest BCUT2D eigenvalue weighted by Crippen LogP contribution is 2.19. The number of hydrogen-bond acceptors (Lipinski definition) is 4. The zero-order valence-corrected chi connectivity index (χ0v) is 16.1. The Bertz CT molecular complexity index is 860. The summed E-state index contributed by atoms with van der Waals surface area (Å²) in [6.45, 7) is 2.95. The summed E-state index contributed by atoms with van der Waals surface area (Å²) in [6, 6.07) is 15.7. The van der Waals surface area contributed by atoms with Crippen LogP contribution in [0.4, 0.5) is 5.69 Å². The summed E-state index contributed by atoms with van der Waals surface area (Å²) in [5.74, 6) is -1.20. The second kappa shape index (κ2) is 8.69. The van der Waals surface area contributed by atoms with Crippen LogP contribution in [0.2, 0.25) is 0 Å². The van der Waals surface area contributed by atoms with Crippen molar-refractivity contribution >= 4 is 23.5 Å². The predicted molar refractivity (Wildman–Crippen MR) is 106 cm³/mol. The zero-order valence-electron chi connectivity index (χ0n) is 16.1. The maximum absolute atomic E-state index is 12.9. The van der Waals surface area contributed by atoms with Gasteiger partial charge in [-0.3, -0.25) is 9.59 Å². The number of benzene rings is 2. The molecular formula is C22H24N2O4. The van der Waals surface area contributed by atoms with Crippen LogP contribution in [0.1, 0.15) is 40.5 Å². The number of anilines is 1. The number of esters is 1. The van der Waals surface area contributed by atoms with E-state index >= 15 is 0 Å². The van der Waals surface area contributed by atoms with Crippen LogP contribution in [0.25, 0.3) is 0 Å².